The van der Waals surface area contributed by atoms with Crippen LogP contribution >= 0.6 is 0 Å². The Hall–Kier alpha value is -4.07. The molecule has 0 radical (unpaired) electrons. The standard InChI is InChI=1S/C22H20N2O6/c1-28-19-11-12-21(20(13-19)24(26)27)30-15-22(25)23-17-7-9-18(10-8-17)29-14-16-5-3-2-4-6-16/h2-13H,14-15H2,1H3,(H,23,25). The average molecular weight is 408 g/mol. The van der Waals surface area contributed by atoms with E-state index in [9.17, 15) is 14.9 Å². The van der Waals surface area contributed by atoms with Gasteiger partial charge in [0.2, 0.25) is 0 Å². The van der Waals surface area contributed by atoms with Gasteiger partial charge in [0, 0.05) is 5.69 Å². The fourth-order valence-corrected chi connectivity index (χ4v) is 2.60. The lowest BCUT2D eigenvalue weighted by Gasteiger charge is -2.10. The molecule has 0 heterocycles. The maximum Gasteiger partial charge on any atom is 0.314 e. The number of ether oxygens (including phenoxy) is 3. The first-order valence-corrected chi connectivity index (χ1v) is 9.07. The summed E-state index contributed by atoms with van der Waals surface area (Å²) in [6, 6.07) is 20.8. The number of hydrogen-bond donors (Lipinski definition) is 1. The van der Waals surface area contributed by atoms with Gasteiger partial charge in [0.05, 0.1) is 18.1 Å². The number of carbonyl (C=O) groups excluding carboxylic acids is 1. The van der Waals surface area contributed by atoms with Crippen LogP contribution in [-0.4, -0.2) is 24.5 Å². The summed E-state index contributed by atoms with van der Waals surface area (Å²) < 4.78 is 16.0. The molecule has 3 aromatic carbocycles. The summed E-state index contributed by atoms with van der Waals surface area (Å²) in [4.78, 5) is 22.7. The van der Waals surface area contributed by atoms with E-state index in [0.717, 1.165) is 5.56 Å². The van der Waals surface area contributed by atoms with Crippen molar-refractivity contribution in [2.75, 3.05) is 19.0 Å². The van der Waals surface area contributed by atoms with Crippen LogP contribution in [0.1, 0.15) is 5.56 Å². The zero-order valence-corrected chi connectivity index (χ0v) is 16.2. The van der Waals surface area contributed by atoms with Crippen LogP contribution in [0.5, 0.6) is 17.2 Å². The number of hydrogen-bond acceptors (Lipinski definition) is 6. The Morgan fingerprint density at radius 3 is 2.33 bits per heavy atom. The lowest BCUT2D eigenvalue weighted by atomic mass is 10.2. The van der Waals surface area contributed by atoms with Gasteiger partial charge in [0.1, 0.15) is 18.1 Å². The number of rotatable bonds is 9. The van der Waals surface area contributed by atoms with E-state index in [1.165, 1.54) is 25.3 Å². The largest absolute Gasteiger partial charge is 0.496 e. The summed E-state index contributed by atoms with van der Waals surface area (Å²) in [5.74, 6) is 0.536. The number of methoxy groups -OCH3 is 1. The smallest absolute Gasteiger partial charge is 0.314 e. The zero-order chi connectivity index (χ0) is 21.3. The van der Waals surface area contributed by atoms with Gasteiger partial charge >= 0.3 is 5.69 Å². The summed E-state index contributed by atoms with van der Waals surface area (Å²) >= 11 is 0. The van der Waals surface area contributed by atoms with Crippen LogP contribution in [0.25, 0.3) is 0 Å². The van der Waals surface area contributed by atoms with Crippen LogP contribution in [0.3, 0.4) is 0 Å². The Labute approximate surface area is 173 Å². The Morgan fingerprint density at radius 2 is 1.67 bits per heavy atom. The number of nitro benzene ring substituents is 1. The fraction of sp³-hybridized carbons (Fsp3) is 0.136. The summed E-state index contributed by atoms with van der Waals surface area (Å²) in [6.45, 7) is 0.0699. The number of nitrogens with one attached hydrogen (secondary N) is 1. The topological polar surface area (TPSA) is 99.9 Å². The molecule has 30 heavy (non-hydrogen) atoms. The van der Waals surface area contributed by atoms with Gasteiger partial charge in [-0.25, -0.2) is 0 Å². The second-order valence-electron chi connectivity index (χ2n) is 6.23. The van der Waals surface area contributed by atoms with E-state index < -0.39 is 10.8 Å². The van der Waals surface area contributed by atoms with Gasteiger partial charge in [0.15, 0.2) is 12.4 Å². The second kappa shape index (κ2) is 9.92. The molecule has 0 aliphatic heterocycles. The molecule has 0 bridgehead atoms. The highest BCUT2D eigenvalue weighted by molar-refractivity contribution is 5.92. The van der Waals surface area contributed by atoms with Gasteiger partial charge in [-0.05, 0) is 42.0 Å². The van der Waals surface area contributed by atoms with Crippen LogP contribution in [0.2, 0.25) is 0 Å². The van der Waals surface area contributed by atoms with Gasteiger partial charge in [-0.3, -0.25) is 14.9 Å². The second-order valence-corrected chi connectivity index (χ2v) is 6.23. The van der Waals surface area contributed by atoms with Crippen molar-refractivity contribution in [3.05, 3.63) is 88.5 Å². The molecule has 0 spiro atoms. The third-order valence-corrected chi connectivity index (χ3v) is 4.11. The number of amides is 1. The van der Waals surface area contributed by atoms with Gasteiger partial charge in [-0.2, -0.15) is 0 Å². The normalized spacial score (nSPS) is 10.2. The maximum absolute atomic E-state index is 12.1. The molecular formula is C22H20N2O6. The molecular weight excluding hydrogens is 388 g/mol. The fourth-order valence-electron chi connectivity index (χ4n) is 2.60. The van der Waals surface area contributed by atoms with Crippen LogP contribution in [-0.2, 0) is 11.4 Å². The van der Waals surface area contributed by atoms with Gasteiger partial charge in [-0.1, -0.05) is 30.3 Å². The van der Waals surface area contributed by atoms with Crippen LogP contribution in [0.15, 0.2) is 72.8 Å². The monoisotopic (exact) mass is 408 g/mol. The number of nitrogens with zero attached hydrogens (tertiary/aromatic N) is 1. The summed E-state index contributed by atoms with van der Waals surface area (Å²) in [6.07, 6.45) is 0. The molecule has 0 aliphatic rings. The van der Waals surface area contributed by atoms with Crippen molar-refractivity contribution in [3.8, 4) is 17.2 Å². The van der Waals surface area contributed by atoms with Gasteiger partial charge in [-0.15, -0.1) is 0 Å². The molecule has 0 saturated carbocycles. The molecule has 8 heteroatoms. The van der Waals surface area contributed by atoms with Crippen molar-refractivity contribution in [2.45, 2.75) is 6.61 Å². The molecule has 0 aliphatic carbocycles. The first-order chi connectivity index (χ1) is 14.5. The molecule has 0 fully saturated rings. The highest BCUT2D eigenvalue weighted by atomic mass is 16.6. The van der Waals surface area contributed by atoms with E-state index in [4.69, 9.17) is 14.2 Å². The SMILES string of the molecule is COc1ccc(OCC(=O)Nc2ccc(OCc3ccccc3)cc2)c([N+](=O)[O-])c1. The third kappa shape index (κ3) is 5.71. The number of carbonyl (C=O) groups is 1. The van der Waals surface area contributed by atoms with E-state index >= 15 is 0 Å². The van der Waals surface area contributed by atoms with Crippen molar-refractivity contribution in [3.63, 3.8) is 0 Å². The lowest BCUT2D eigenvalue weighted by molar-refractivity contribution is -0.385. The zero-order valence-electron chi connectivity index (χ0n) is 16.2. The van der Waals surface area contributed by atoms with Gasteiger partial charge < -0.3 is 19.5 Å². The molecule has 0 saturated heterocycles. The van der Waals surface area contributed by atoms with Crippen LogP contribution < -0.4 is 19.5 Å². The molecule has 0 atom stereocenters. The Morgan fingerprint density at radius 1 is 0.967 bits per heavy atom. The first-order valence-electron chi connectivity index (χ1n) is 9.07. The summed E-state index contributed by atoms with van der Waals surface area (Å²) in [5, 5.41) is 13.8. The Kier molecular flexibility index (Phi) is 6.83. The minimum atomic E-state index is -0.593. The molecule has 154 valence electrons. The first kappa shape index (κ1) is 20.7. The quantitative estimate of drug-likeness (QED) is 0.421. The minimum Gasteiger partial charge on any atom is -0.496 e. The van der Waals surface area contributed by atoms with E-state index in [1.807, 2.05) is 30.3 Å². The third-order valence-electron chi connectivity index (χ3n) is 4.11. The average Bonchev–Trinajstić information content (AvgIpc) is 2.77. The molecule has 0 aromatic heterocycles. The predicted molar refractivity (Wildman–Crippen MR) is 111 cm³/mol. The molecule has 1 amide bonds. The molecule has 8 nitrogen and oxygen atoms in total. The minimum absolute atomic E-state index is 0.0133. The Bertz CT molecular complexity index is 1010. The maximum atomic E-state index is 12.1. The van der Waals surface area contributed by atoms with E-state index in [1.54, 1.807) is 24.3 Å². The highest BCUT2D eigenvalue weighted by Gasteiger charge is 2.17. The number of nitro groups is 1. The van der Waals surface area contributed by atoms with E-state index in [-0.39, 0.29) is 18.0 Å². The van der Waals surface area contributed by atoms with Crippen molar-refractivity contribution >= 4 is 17.3 Å². The van der Waals surface area contributed by atoms with Crippen molar-refractivity contribution in [2.24, 2.45) is 0 Å². The molecule has 0 unspecified atom stereocenters. The van der Waals surface area contributed by atoms with Crippen molar-refractivity contribution < 1.29 is 23.9 Å². The molecule has 3 aromatic rings. The number of benzene rings is 3. The summed E-state index contributed by atoms with van der Waals surface area (Å²) in [5.41, 5.74) is 1.33. The lowest BCUT2D eigenvalue weighted by Crippen LogP contribution is -2.20. The van der Waals surface area contributed by atoms with Crippen molar-refractivity contribution in [1.82, 2.24) is 0 Å². The van der Waals surface area contributed by atoms with E-state index in [0.29, 0.717) is 23.8 Å². The Balaban J connectivity index is 1.52. The highest BCUT2D eigenvalue weighted by Crippen LogP contribution is 2.31. The van der Waals surface area contributed by atoms with Crippen LogP contribution in [0, 0.1) is 10.1 Å². The predicted octanol–water partition coefficient (Wildman–Crippen LogP) is 4.20. The van der Waals surface area contributed by atoms with E-state index in [2.05, 4.69) is 5.32 Å². The molecule has 3 rings (SSSR count). The number of anilines is 1. The summed E-state index contributed by atoms with van der Waals surface area (Å²) in [7, 11) is 1.41. The molecule has 1 N–H and O–H groups in total. The van der Waals surface area contributed by atoms with Crippen molar-refractivity contribution in [1.29, 1.82) is 0 Å². The van der Waals surface area contributed by atoms with Crippen LogP contribution in [0.4, 0.5) is 11.4 Å². The van der Waals surface area contributed by atoms with Gasteiger partial charge in [0.25, 0.3) is 5.91 Å².